The summed E-state index contributed by atoms with van der Waals surface area (Å²) in [6.07, 6.45) is 4.62. The highest BCUT2D eigenvalue weighted by molar-refractivity contribution is 14.0. The minimum absolute atomic E-state index is 0. The summed E-state index contributed by atoms with van der Waals surface area (Å²) in [5.41, 5.74) is 0.984. The first kappa shape index (κ1) is 25.0. The number of methoxy groups -OCH3 is 1. The van der Waals surface area contributed by atoms with Gasteiger partial charge in [0.2, 0.25) is 0 Å². The number of piperidine rings is 1. The molecule has 1 aromatic rings. The average molecular weight is 504 g/mol. The SMILES string of the molecule is CCNC(=NCCC1CCN(C)CC1)Nc1cccc(OCCCOC)c1.I. The zero-order chi connectivity index (χ0) is 19.3. The van der Waals surface area contributed by atoms with Crippen LogP contribution in [-0.2, 0) is 4.74 Å². The lowest BCUT2D eigenvalue weighted by atomic mass is 9.94. The van der Waals surface area contributed by atoms with E-state index in [1.165, 1.54) is 25.9 Å². The Morgan fingerprint density at radius 3 is 2.75 bits per heavy atom. The number of aliphatic imine (C=N–C) groups is 1. The largest absolute Gasteiger partial charge is 0.493 e. The molecule has 0 saturated carbocycles. The van der Waals surface area contributed by atoms with Crippen LogP contribution in [0.1, 0.15) is 32.6 Å². The Morgan fingerprint density at radius 2 is 2.04 bits per heavy atom. The molecular formula is C21H37IN4O2. The van der Waals surface area contributed by atoms with Gasteiger partial charge in [-0.1, -0.05) is 6.07 Å². The van der Waals surface area contributed by atoms with Crippen molar-refractivity contribution in [2.75, 3.05) is 58.9 Å². The zero-order valence-electron chi connectivity index (χ0n) is 17.6. The number of guanidine groups is 1. The molecule has 160 valence electrons. The molecule has 0 aliphatic carbocycles. The molecule has 1 aliphatic rings. The summed E-state index contributed by atoms with van der Waals surface area (Å²) in [6, 6.07) is 8.01. The Balaban J connectivity index is 0.00000392. The van der Waals surface area contributed by atoms with Crippen LogP contribution < -0.4 is 15.4 Å². The first-order valence-electron chi connectivity index (χ1n) is 10.2. The number of benzene rings is 1. The molecule has 0 radical (unpaired) electrons. The topological polar surface area (TPSA) is 58.1 Å². The van der Waals surface area contributed by atoms with Crippen molar-refractivity contribution in [3.05, 3.63) is 24.3 Å². The van der Waals surface area contributed by atoms with Gasteiger partial charge in [-0.15, -0.1) is 24.0 Å². The molecule has 6 nitrogen and oxygen atoms in total. The van der Waals surface area contributed by atoms with Crippen LogP contribution in [0.4, 0.5) is 5.69 Å². The fraction of sp³-hybridized carbons (Fsp3) is 0.667. The summed E-state index contributed by atoms with van der Waals surface area (Å²) < 4.78 is 10.8. The highest BCUT2D eigenvalue weighted by Crippen LogP contribution is 2.20. The quantitative estimate of drug-likeness (QED) is 0.220. The second-order valence-corrected chi connectivity index (χ2v) is 7.14. The van der Waals surface area contributed by atoms with Gasteiger partial charge in [-0.05, 0) is 64.4 Å². The van der Waals surface area contributed by atoms with Gasteiger partial charge in [0, 0.05) is 45.0 Å². The van der Waals surface area contributed by atoms with E-state index >= 15 is 0 Å². The van der Waals surface area contributed by atoms with Gasteiger partial charge in [0.1, 0.15) is 5.75 Å². The van der Waals surface area contributed by atoms with Crippen molar-refractivity contribution in [3.63, 3.8) is 0 Å². The van der Waals surface area contributed by atoms with Gasteiger partial charge in [-0.25, -0.2) is 0 Å². The van der Waals surface area contributed by atoms with E-state index in [0.29, 0.717) is 13.2 Å². The number of nitrogens with zero attached hydrogens (tertiary/aromatic N) is 2. The van der Waals surface area contributed by atoms with Gasteiger partial charge in [0.05, 0.1) is 6.61 Å². The molecule has 0 unspecified atom stereocenters. The lowest BCUT2D eigenvalue weighted by molar-refractivity contribution is 0.172. The minimum Gasteiger partial charge on any atom is -0.493 e. The summed E-state index contributed by atoms with van der Waals surface area (Å²) in [5, 5.41) is 6.72. The van der Waals surface area contributed by atoms with Crippen LogP contribution in [0.5, 0.6) is 5.75 Å². The summed E-state index contributed by atoms with van der Waals surface area (Å²) in [4.78, 5) is 7.17. The van der Waals surface area contributed by atoms with Crippen LogP contribution in [0.2, 0.25) is 0 Å². The molecule has 0 aromatic heterocycles. The van der Waals surface area contributed by atoms with Crippen molar-refractivity contribution in [3.8, 4) is 5.75 Å². The molecule has 1 aliphatic heterocycles. The van der Waals surface area contributed by atoms with Crippen molar-refractivity contribution in [2.24, 2.45) is 10.9 Å². The monoisotopic (exact) mass is 504 g/mol. The number of halogens is 1. The first-order chi connectivity index (χ1) is 13.2. The van der Waals surface area contributed by atoms with Gasteiger partial charge >= 0.3 is 0 Å². The summed E-state index contributed by atoms with van der Waals surface area (Å²) in [5.74, 6) is 2.50. The summed E-state index contributed by atoms with van der Waals surface area (Å²) >= 11 is 0. The average Bonchev–Trinajstić information content (AvgIpc) is 2.67. The number of rotatable bonds is 10. The number of hydrogen-bond donors (Lipinski definition) is 2. The van der Waals surface area contributed by atoms with Gasteiger partial charge in [-0.3, -0.25) is 4.99 Å². The molecule has 0 amide bonds. The van der Waals surface area contributed by atoms with E-state index in [1.54, 1.807) is 7.11 Å². The Hall–Kier alpha value is -1.06. The molecule has 1 aromatic carbocycles. The lowest BCUT2D eigenvalue weighted by Crippen LogP contribution is -2.32. The summed E-state index contributed by atoms with van der Waals surface area (Å²) in [6.45, 7) is 7.58. The Bertz CT molecular complexity index is 563. The maximum Gasteiger partial charge on any atom is 0.195 e. The predicted octanol–water partition coefficient (Wildman–Crippen LogP) is 3.83. The van der Waals surface area contributed by atoms with E-state index in [-0.39, 0.29) is 24.0 Å². The number of hydrogen-bond acceptors (Lipinski definition) is 4. The van der Waals surface area contributed by atoms with Crippen molar-refractivity contribution in [1.82, 2.24) is 10.2 Å². The second-order valence-electron chi connectivity index (χ2n) is 7.14. The van der Waals surface area contributed by atoms with E-state index in [1.807, 2.05) is 24.3 Å². The third kappa shape index (κ3) is 9.93. The molecule has 1 heterocycles. The molecule has 0 atom stereocenters. The van der Waals surface area contributed by atoms with E-state index in [0.717, 1.165) is 49.2 Å². The predicted molar refractivity (Wildman–Crippen MR) is 128 cm³/mol. The minimum atomic E-state index is 0. The number of anilines is 1. The van der Waals surface area contributed by atoms with Gasteiger partial charge in [-0.2, -0.15) is 0 Å². The van der Waals surface area contributed by atoms with Crippen molar-refractivity contribution < 1.29 is 9.47 Å². The highest BCUT2D eigenvalue weighted by atomic mass is 127. The van der Waals surface area contributed by atoms with E-state index in [2.05, 4.69) is 29.5 Å². The fourth-order valence-electron chi connectivity index (χ4n) is 3.21. The first-order valence-corrected chi connectivity index (χ1v) is 10.2. The Kier molecular flexibility index (Phi) is 13.3. The standard InChI is InChI=1S/C21H36N4O2.HI/c1-4-22-21(23-12-9-18-10-13-25(2)14-11-18)24-19-7-5-8-20(17-19)27-16-6-15-26-3;/h5,7-8,17-18H,4,6,9-16H2,1-3H3,(H2,22,23,24);1H. The molecule has 28 heavy (non-hydrogen) atoms. The second kappa shape index (κ2) is 14.9. The number of likely N-dealkylation sites (tertiary alicyclic amines) is 1. The molecule has 7 heteroatoms. The van der Waals surface area contributed by atoms with E-state index in [4.69, 9.17) is 14.5 Å². The number of ether oxygens (including phenoxy) is 2. The normalized spacial score (nSPS) is 15.8. The molecule has 2 N–H and O–H groups in total. The van der Waals surface area contributed by atoms with Crippen LogP contribution in [-0.4, -0.2) is 64.4 Å². The van der Waals surface area contributed by atoms with Crippen LogP contribution in [0, 0.1) is 5.92 Å². The maximum absolute atomic E-state index is 5.78. The zero-order valence-corrected chi connectivity index (χ0v) is 19.9. The van der Waals surface area contributed by atoms with Gasteiger partial charge in [0.25, 0.3) is 0 Å². The Labute approximate surface area is 187 Å². The molecule has 0 spiro atoms. The lowest BCUT2D eigenvalue weighted by Gasteiger charge is -2.28. The third-order valence-electron chi connectivity index (χ3n) is 4.85. The van der Waals surface area contributed by atoms with Crippen LogP contribution in [0.25, 0.3) is 0 Å². The van der Waals surface area contributed by atoms with Gasteiger partial charge in [0.15, 0.2) is 5.96 Å². The van der Waals surface area contributed by atoms with Crippen molar-refractivity contribution in [2.45, 2.75) is 32.6 Å². The molecular weight excluding hydrogens is 467 g/mol. The Morgan fingerprint density at radius 1 is 1.25 bits per heavy atom. The third-order valence-corrected chi connectivity index (χ3v) is 4.85. The van der Waals surface area contributed by atoms with E-state index in [9.17, 15) is 0 Å². The smallest absolute Gasteiger partial charge is 0.195 e. The van der Waals surface area contributed by atoms with Gasteiger partial charge < -0.3 is 25.0 Å². The molecule has 1 saturated heterocycles. The van der Waals surface area contributed by atoms with Crippen molar-refractivity contribution in [1.29, 1.82) is 0 Å². The van der Waals surface area contributed by atoms with Crippen molar-refractivity contribution >= 4 is 35.6 Å². The van der Waals surface area contributed by atoms with E-state index < -0.39 is 0 Å². The molecule has 2 rings (SSSR count). The number of nitrogens with one attached hydrogen (secondary N) is 2. The van der Waals surface area contributed by atoms with Crippen LogP contribution in [0.3, 0.4) is 0 Å². The maximum atomic E-state index is 5.78. The van der Waals surface area contributed by atoms with Crippen LogP contribution in [0.15, 0.2) is 29.3 Å². The molecule has 0 bridgehead atoms. The fourth-order valence-corrected chi connectivity index (χ4v) is 3.21. The van der Waals surface area contributed by atoms with Crippen LogP contribution >= 0.6 is 24.0 Å². The molecule has 1 fully saturated rings. The highest BCUT2D eigenvalue weighted by Gasteiger charge is 2.15. The summed E-state index contributed by atoms with van der Waals surface area (Å²) in [7, 11) is 3.91.